The van der Waals surface area contributed by atoms with Gasteiger partial charge in [0.1, 0.15) is 0 Å². The monoisotopic (exact) mass is 362 g/mol. The lowest BCUT2D eigenvalue weighted by Crippen LogP contribution is -2.17. The van der Waals surface area contributed by atoms with Gasteiger partial charge in [0.25, 0.3) is 0 Å². The molecule has 0 aromatic heterocycles. The molecule has 1 aromatic carbocycles. The molecule has 0 bridgehead atoms. The first-order valence-electron chi connectivity index (χ1n) is 9.66. The predicted octanol–water partition coefficient (Wildman–Crippen LogP) is 4.67. The molecule has 0 heterocycles. The van der Waals surface area contributed by atoms with Crippen LogP contribution in [0.1, 0.15) is 65.2 Å². The quantitative estimate of drug-likeness (QED) is 0.472. The summed E-state index contributed by atoms with van der Waals surface area (Å²) in [5, 5.41) is 0. The first kappa shape index (κ1) is 20.3. The number of carbonyl (C=O) groups is 2. The van der Waals surface area contributed by atoms with Crippen molar-refractivity contribution < 1.29 is 23.8 Å². The molecule has 0 aliphatic heterocycles. The maximum Gasteiger partial charge on any atom is 0.311 e. The number of rotatable bonds is 9. The summed E-state index contributed by atoms with van der Waals surface area (Å²) in [5.74, 6) is 0.862. The molecule has 0 spiro atoms. The minimum Gasteiger partial charge on any atom is -0.487 e. The van der Waals surface area contributed by atoms with Crippen LogP contribution in [-0.4, -0.2) is 24.6 Å². The van der Waals surface area contributed by atoms with Gasteiger partial charge in [-0.3, -0.25) is 9.59 Å². The van der Waals surface area contributed by atoms with Crippen LogP contribution in [0.3, 0.4) is 0 Å². The van der Waals surface area contributed by atoms with E-state index >= 15 is 0 Å². The Morgan fingerprint density at radius 3 is 2.35 bits per heavy atom. The van der Waals surface area contributed by atoms with Crippen LogP contribution in [0.5, 0.6) is 11.5 Å². The van der Waals surface area contributed by atoms with Gasteiger partial charge in [0, 0.05) is 12.8 Å². The second-order valence-corrected chi connectivity index (χ2v) is 7.13. The van der Waals surface area contributed by atoms with Crippen molar-refractivity contribution in [1.82, 2.24) is 0 Å². The Hall–Kier alpha value is -2.04. The first-order valence-corrected chi connectivity index (χ1v) is 9.66. The third-order valence-corrected chi connectivity index (χ3v) is 4.40. The van der Waals surface area contributed by atoms with Gasteiger partial charge in [0.2, 0.25) is 0 Å². The highest BCUT2D eigenvalue weighted by atomic mass is 16.6. The summed E-state index contributed by atoms with van der Waals surface area (Å²) in [6.07, 6.45) is 6.89. The molecule has 1 aromatic rings. The van der Waals surface area contributed by atoms with Gasteiger partial charge < -0.3 is 14.2 Å². The average Bonchev–Trinajstić information content (AvgIpc) is 2.62. The van der Waals surface area contributed by atoms with Crippen LogP contribution >= 0.6 is 0 Å². The number of carbonyl (C=O) groups excluding carboxylic acids is 2. The van der Waals surface area contributed by atoms with Crippen molar-refractivity contribution in [2.45, 2.75) is 71.3 Å². The zero-order chi connectivity index (χ0) is 18.8. The van der Waals surface area contributed by atoms with Crippen molar-refractivity contribution in [1.29, 1.82) is 0 Å². The van der Waals surface area contributed by atoms with Gasteiger partial charge in [-0.05, 0) is 51.2 Å². The van der Waals surface area contributed by atoms with Gasteiger partial charge in [-0.15, -0.1) is 0 Å². The summed E-state index contributed by atoms with van der Waals surface area (Å²) in [5.41, 5.74) is 0. The molecule has 0 N–H and O–H groups in total. The van der Waals surface area contributed by atoms with E-state index in [1.165, 1.54) is 19.3 Å². The Balaban J connectivity index is 1.66. The van der Waals surface area contributed by atoms with Crippen molar-refractivity contribution in [3.8, 4) is 11.5 Å². The van der Waals surface area contributed by atoms with Crippen LogP contribution in [0.4, 0.5) is 0 Å². The van der Waals surface area contributed by atoms with E-state index in [2.05, 4.69) is 0 Å². The number of esters is 2. The van der Waals surface area contributed by atoms with Gasteiger partial charge in [0.15, 0.2) is 11.5 Å². The number of benzene rings is 1. The number of ether oxygens (including phenoxy) is 3. The van der Waals surface area contributed by atoms with Crippen molar-refractivity contribution >= 4 is 11.9 Å². The zero-order valence-corrected chi connectivity index (χ0v) is 15.9. The fraction of sp³-hybridized carbons (Fsp3) is 0.619. The SMILES string of the molecule is CC(C)Oc1ccccc1OC(=O)CCCC(=O)OCC1CCCCC1. The molecule has 1 aliphatic rings. The summed E-state index contributed by atoms with van der Waals surface area (Å²) in [6, 6.07) is 7.09. The largest absolute Gasteiger partial charge is 0.487 e. The van der Waals surface area contributed by atoms with E-state index < -0.39 is 0 Å². The van der Waals surface area contributed by atoms with Crippen molar-refractivity contribution in [3.63, 3.8) is 0 Å². The van der Waals surface area contributed by atoms with Crippen molar-refractivity contribution in [3.05, 3.63) is 24.3 Å². The highest BCUT2D eigenvalue weighted by Gasteiger charge is 2.16. The minimum atomic E-state index is -0.370. The summed E-state index contributed by atoms with van der Waals surface area (Å²) in [4.78, 5) is 23.8. The Morgan fingerprint density at radius 1 is 1.00 bits per heavy atom. The van der Waals surface area contributed by atoms with E-state index in [9.17, 15) is 9.59 Å². The molecule has 1 fully saturated rings. The van der Waals surface area contributed by atoms with Crippen molar-refractivity contribution in [2.75, 3.05) is 6.61 Å². The van der Waals surface area contributed by atoms with E-state index in [1.807, 2.05) is 19.9 Å². The Bertz CT molecular complexity index is 576. The lowest BCUT2D eigenvalue weighted by Gasteiger charge is -2.20. The molecule has 144 valence electrons. The lowest BCUT2D eigenvalue weighted by atomic mass is 9.90. The smallest absolute Gasteiger partial charge is 0.311 e. The maximum absolute atomic E-state index is 12.0. The van der Waals surface area contributed by atoms with Crippen LogP contribution in [0.15, 0.2) is 24.3 Å². The Kier molecular flexibility index (Phi) is 8.45. The van der Waals surface area contributed by atoms with Crippen LogP contribution in [0.25, 0.3) is 0 Å². The molecular formula is C21H30O5. The van der Waals surface area contributed by atoms with E-state index in [0.717, 1.165) is 12.8 Å². The van der Waals surface area contributed by atoms with Crippen LogP contribution in [0.2, 0.25) is 0 Å². The topological polar surface area (TPSA) is 61.8 Å². The molecule has 0 unspecified atom stereocenters. The van der Waals surface area contributed by atoms with Crippen LogP contribution in [0, 0.1) is 5.92 Å². The van der Waals surface area contributed by atoms with Crippen LogP contribution < -0.4 is 9.47 Å². The molecule has 5 heteroatoms. The van der Waals surface area contributed by atoms with E-state index in [0.29, 0.717) is 30.4 Å². The molecule has 5 nitrogen and oxygen atoms in total. The maximum atomic E-state index is 12.0. The molecule has 1 aliphatic carbocycles. The lowest BCUT2D eigenvalue weighted by molar-refractivity contribution is -0.145. The van der Waals surface area contributed by atoms with Gasteiger partial charge >= 0.3 is 11.9 Å². The molecule has 26 heavy (non-hydrogen) atoms. The van der Waals surface area contributed by atoms with E-state index in [4.69, 9.17) is 14.2 Å². The third-order valence-electron chi connectivity index (χ3n) is 4.40. The summed E-state index contributed by atoms with van der Waals surface area (Å²) in [7, 11) is 0. The Labute approximate surface area is 156 Å². The highest BCUT2D eigenvalue weighted by molar-refractivity contribution is 5.74. The number of hydrogen-bond donors (Lipinski definition) is 0. The highest BCUT2D eigenvalue weighted by Crippen LogP contribution is 2.28. The standard InChI is InChI=1S/C21H30O5/c1-16(2)25-18-11-6-7-12-19(18)26-21(23)14-8-13-20(22)24-15-17-9-4-3-5-10-17/h6-7,11-12,16-17H,3-5,8-10,13-15H2,1-2H3. The molecule has 0 amide bonds. The fourth-order valence-corrected chi connectivity index (χ4v) is 3.07. The second-order valence-electron chi connectivity index (χ2n) is 7.13. The second kappa shape index (κ2) is 10.8. The predicted molar refractivity (Wildman–Crippen MR) is 99.2 cm³/mol. The normalized spacial score (nSPS) is 14.9. The molecule has 0 radical (unpaired) electrons. The molecule has 0 atom stereocenters. The van der Waals surface area contributed by atoms with E-state index in [-0.39, 0.29) is 30.9 Å². The Morgan fingerprint density at radius 2 is 1.65 bits per heavy atom. The zero-order valence-electron chi connectivity index (χ0n) is 15.9. The number of hydrogen-bond acceptors (Lipinski definition) is 5. The van der Waals surface area contributed by atoms with Gasteiger partial charge in [0.05, 0.1) is 12.7 Å². The third kappa shape index (κ3) is 7.46. The van der Waals surface area contributed by atoms with Gasteiger partial charge in [-0.25, -0.2) is 0 Å². The summed E-state index contributed by atoms with van der Waals surface area (Å²) in [6.45, 7) is 4.35. The van der Waals surface area contributed by atoms with Crippen LogP contribution in [-0.2, 0) is 14.3 Å². The van der Waals surface area contributed by atoms with E-state index in [1.54, 1.807) is 18.2 Å². The molecule has 2 rings (SSSR count). The first-order chi connectivity index (χ1) is 12.5. The van der Waals surface area contributed by atoms with Gasteiger partial charge in [-0.1, -0.05) is 31.4 Å². The fourth-order valence-electron chi connectivity index (χ4n) is 3.07. The summed E-state index contributed by atoms with van der Waals surface area (Å²) < 4.78 is 16.3. The molecule has 0 saturated heterocycles. The average molecular weight is 362 g/mol. The van der Waals surface area contributed by atoms with Gasteiger partial charge in [-0.2, -0.15) is 0 Å². The number of para-hydroxylation sites is 2. The molecule has 1 saturated carbocycles. The molecular weight excluding hydrogens is 332 g/mol. The summed E-state index contributed by atoms with van der Waals surface area (Å²) >= 11 is 0. The van der Waals surface area contributed by atoms with Crippen molar-refractivity contribution in [2.24, 2.45) is 5.92 Å². The minimum absolute atomic E-state index is 0.00575.